The standard InChI is InChI=1S/C28H32F3N3OS/c29-28(30,31)13-10-27-33-24-18-34(16-12-26(24)36-27)15-11-19-6-8-20(9-7-19)17-25(35)22-3-1-5-23-21(22)4-2-14-32-23/h1-5,14,19-20H,6-13,15-18H2. The van der Waals surface area contributed by atoms with Crippen molar-refractivity contribution in [2.24, 2.45) is 11.8 Å². The first-order valence-electron chi connectivity index (χ1n) is 13.0. The van der Waals surface area contributed by atoms with Crippen LogP contribution in [0.2, 0.25) is 0 Å². The fourth-order valence-electron chi connectivity index (χ4n) is 5.66. The molecule has 36 heavy (non-hydrogen) atoms. The number of halogens is 3. The first-order chi connectivity index (χ1) is 17.3. The summed E-state index contributed by atoms with van der Waals surface area (Å²) < 4.78 is 37.6. The molecule has 0 amide bonds. The zero-order valence-corrected chi connectivity index (χ0v) is 21.2. The molecule has 0 saturated heterocycles. The van der Waals surface area contributed by atoms with Crippen molar-refractivity contribution < 1.29 is 18.0 Å². The quantitative estimate of drug-likeness (QED) is 0.303. The Kier molecular flexibility index (Phi) is 7.72. The van der Waals surface area contributed by atoms with Gasteiger partial charge < -0.3 is 0 Å². The summed E-state index contributed by atoms with van der Waals surface area (Å²) in [5.74, 6) is 1.35. The molecule has 1 aliphatic heterocycles. The molecule has 0 radical (unpaired) electrons. The maximum atomic E-state index is 13.0. The Balaban J connectivity index is 1.06. The molecule has 1 saturated carbocycles. The fraction of sp³-hybridized carbons (Fsp3) is 0.536. The van der Waals surface area contributed by atoms with Crippen LogP contribution in [0.1, 0.15) is 70.9 Å². The van der Waals surface area contributed by atoms with E-state index in [0.29, 0.717) is 23.3 Å². The number of hydrogen-bond acceptors (Lipinski definition) is 5. The van der Waals surface area contributed by atoms with Crippen molar-refractivity contribution in [2.45, 2.75) is 70.5 Å². The topological polar surface area (TPSA) is 46.1 Å². The Bertz CT molecular complexity index is 1190. The van der Waals surface area contributed by atoms with Crippen molar-refractivity contribution in [3.05, 3.63) is 57.7 Å². The molecule has 0 atom stereocenters. The van der Waals surface area contributed by atoms with Gasteiger partial charge in [-0.1, -0.05) is 31.0 Å². The van der Waals surface area contributed by atoms with E-state index in [-0.39, 0.29) is 12.2 Å². The van der Waals surface area contributed by atoms with Crippen LogP contribution >= 0.6 is 11.3 Å². The second-order valence-electron chi connectivity index (χ2n) is 10.3. The van der Waals surface area contributed by atoms with Crippen LogP contribution in [-0.2, 0) is 19.4 Å². The molecule has 3 heterocycles. The molecule has 2 aromatic heterocycles. The number of fused-ring (bicyclic) bond motifs is 2. The summed E-state index contributed by atoms with van der Waals surface area (Å²) in [6.07, 6.45) is 3.96. The molecule has 192 valence electrons. The van der Waals surface area contributed by atoms with Crippen LogP contribution in [0.15, 0.2) is 36.5 Å². The summed E-state index contributed by atoms with van der Waals surface area (Å²) in [5.41, 5.74) is 2.64. The molecule has 0 N–H and O–H groups in total. The molecule has 3 aromatic rings. The van der Waals surface area contributed by atoms with E-state index in [4.69, 9.17) is 0 Å². The van der Waals surface area contributed by atoms with E-state index < -0.39 is 12.6 Å². The predicted octanol–water partition coefficient (Wildman–Crippen LogP) is 7.01. The van der Waals surface area contributed by atoms with Gasteiger partial charge in [0.15, 0.2) is 5.78 Å². The number of rotatable bonds is 8. The summed E-state index contributed by atoms with van der Waals surface area (Å²) in [7, 11) is 0. The molecule has 5 rings (SSSR count). The lowest BCUT2D eigenvalue weighted by Gasteiger charge is -2.31. The molecule has 0 unspecified atom stereocenters. The van der Waals surface area contributed by atoms with Gasteiger partial charge in [-0.05, 0) is 56.2 Å². The lowest BCUT2D eigenvalue weighted by atomic mass is 9.78. The molecule has 1 fully saturated rings. The molecule has 0 spiro atoms. The van der Waals surface area contributed by atoms with Crippen LogP contribution in [0, 0.1) is 11.8 Å². The summed E-state index contributed by atoms with van der Waals surface area (Å²) in [6.45, 7) is 2.71. The average molecular weight is 516 g/mol. The highest BCUT2D eigenvalue weighted by Gasteiger charge is 2.29. The normalized spacial score (nSPS) is 21.0. The van der Waals surface area contributed by atoms with E-state index in [1.807, 2.05) is 30.3 Å². The maximum absolute atomic E-state index is 13.0. The molecular weight excluding hydrogens is 483 g/mol. The highest BCUT2D eigenvalue weighted by Crippen LogP contribution is 2.35. The fourth-order valence-corrected chi connectivity index (χ4v) is 6.73. The van der Waals surface area contributed by atoms with Crippen LogP contribution in [0.25, 0.3) is 10.9 Å². The van der Waals surface area contributed by atoms with Crippen molar-refractivity contribution in [3.63, 3.8) is 0 Å². The van der Waals surface area contributed by atoms with E-state index in [0.717, 1.165) is 85.2 Å². The molecule has 8 heteroatoms. The van der Waals surface area contributed by atoms with Crippen molar-refractivity contribution in [3.8, 4) is 0 Å². The van der Waals surface area contributed by atoms with Gasteiger partial charge in [-0.3, -0.25) is 14.7 Å². The Labute approximate surface area is 213 Å². The van der Waals surface area contributed by atoms with Crippen molar-refractivity contribution in [2.75, 3.05) is 13.1 Å². The first kappa shape index (κ1) is 25.3. The number of ketones is 1. The number of benzene rings is 1. The summed E-state index contributed by atoms with van der Waals surface area (Å²) in [4.78, 5) is 25.5. The minimum Gasteiger partial charge on any atom is -0.297 e. The van der Waals surface area contributed by atoms with Crippen LogP contribution in [-0.4, -0.2) is 39.9 Å². The Morgan fingerprint density at radius 2 is 1.89 bits per heavy atom. The number of nitrogens with zero attached hydrogens (tertiary/aromatic N) is 3. The van der Waals surface area contributed by atoms with Gasteiger partial charge in [0.1, 0.15) is 0 Å². The SMILES string of the molecule is O=C(CC1CCC(CCN2CCc3sc(CCC(F)(F)F)nc3C2)CC1)c1cccc2ncccc12. The van der Waals surface area contributed by atoms with Crippen LogP contribution < -0.4 is 0 Å². The number of alkyl halides is 3. The zero-order chi connectivity index (χ0) is 25.1. The van der Waals surface area contributed by atoms with Crippen LogP contribution in [0.4, 0.5) is 13.2 Å². The Hall–Kier alpha value is -2.32. The van der Waals surface area contributed by atoms with Gasteiger partial charge in [0.2, 0.25) is 0 Å². The summed E-state index contributed by atoms with van der Waals surface area (Å²) in [6, 6.07) is 9.64. The van der Waals surface area contributed by atoms with Gasteiger partial charge in [-0.2, -0.15) is 13.2 Å². The number of carbonyl (C=O) groups is 1. The lowest BCUT2D eigenvalue weighted by molar-refractivity contribution is -0.134. The number of aromatic nitrogens is 2. The van der Waals surface area contributed by atoms with Gasteiger partial charge in [-0.15, -0.1) is 11.3 Å². The molecule has 4 nitrogen and oxygen atoms in total. The first-order valence-corrected chi connectivity index (χ1v) is 13.8. The van der Waals surface area contributed by atoms with E-state index in [1.54, 1.807) is 6.20 Å². The lowest BCUT2D eigenvalue weighted by Crippen LogP contribution is -2.32. The zero-order valence-electron chi connectivity index (χ0n) is 20.4. The third kappa shape index (κ3) is 6.32. The maximum Gasteiger partial charge on any atom is 0.389 e. The highest BCUT2D eigenvalue weighted by molar-refractivity contribution is 7.11. The predicted molar refractivity (Wildman–Crippen MR) is 136 cm³/mol. The molecule has 1 aromatic carbocycles. The van der Waals surface area contributed by atoms with Crippen molar-refractivity contribution in [1.82, 2.24) is 14.9 Å². The average Bonchev–Trinajstić information content (AvgIpc) is 3.29. The Morgan fingerprint density at radius 3 is 2.69 bits per heavy atom. The summed E-state index contributed by atoms with van der Waals surface area (Å²) in [5, 5.41) is 1.56. The largest absolute Gasteiger partial charge is 0.389 e. The van der Waals surface area contributed by atoms with E-state index in [2.05, 4.69) is 14.9 Å². The number of aryl methyl sites for hydroxylation is 1. The molecule has 1 aliphatic carbocycles. The van der Waals surface area contributed by atoms with Gasteiger partial charge in [0.05, 0.1) is 16.2 Å². The number of carbonyl (C=O) groups excluding carboxylic acids is 1. The molecule has 2 aliphatic rings. The monoisotopic (exact) mass is 515 g/mol. The van der Waals surface area contributed by atoms with Gasteiger partial charge in [0, 0.05) is 54.4 Å². The van der Waals surface area contributed by atoms with E-state index in [9.17, 15) is 18.0 Å². The van der Waals surface area contributed by atoms with Crippen molar-refractivity contribution in [1.29, 1.82) is 0 Å². The third-order valence-corrected chi connectivity index (χ3v) is 8.93. The number of Topliss-reactive ketones (excluding diaryl/α,β-unsaturated/α-hetero) is 1. The third-order valence-electron chi connectivity index (χ3n) is 7.71. The smallest absolute Gasteiger partial charge is 0.297 e. The minimum atomic E-state index is -4.13. The molecule has 0 bridgehead atoms. The van der Waals surface area contributed by atoms with Gasteiger partial charge in [0.25, 0.3) is 0 Å². The highest BCUT2D eigenvalue weighted by atomic mass is 32.1. The van der Waals surface area contributed by atoms with E-state index >= 15 is 0 Å². The van der Waals surface area contributed by atoms with Crippen LogP contribution in [0.3, 0.4) is 0 Å². The number of thiazole rings is 1. The van der Waals surface area contributed by atoms with Crippen molar-refractivity contribution >= 4 is 28.0 Å². The number of hydrogen-bond donors (Lipinski definition) is 0. The van der Waals surface area contributed by atoms with Gasteiger partial charge >= 0.3 is 6.18 Å². The van der Waals surface area contributed by atoms with Crippen LogP contribution in [0.5, 0.6) is 0 Å². The Morgan fingerprint density at radius 1 is 1.08 bits per heavy atom. The van der Waals surface area contributed by atoms with Gasteiger partial charge in [-0.25, -0.2) is 4.98 Å². The van der Waals surface area contributed by atoms with E-state index in [1.165, 1.54) is 11.3 Å². The summed E-state index contributed by atoms with van der Waals surface area (Å²) >= 11 is 1.46. The second kappa shape index (κ2) is 11.0. The second-order valence-corrected chi connectivity index (χ2v) is 11.5. The minimum absolute atomic E-state index is 0.00963. The number of pyridine rings is 1. The molecular formula is C28H32F3N3OS.